The summed E-state index contributed by atoms with van der Waals surface area (Å²) in [7, 11) is -18.6. The van der Waals surface area contributed by atoms with Crippen LogP contribution in [0.2, 0.25) is 0 Å². The Morgan fingerprint density at radius 3 is 0.321 bits per heavy atom. The maximum atomic E-state index is 8.88. The van der Waals surface area contributed by atoms with Crippen molar-refractivity contribution in [3.05, 3.63) is 0 Å². The normalized spacial score (nSPS) is 8.43. The summed E-state index contributed by atoms with van der Waals surface area (Å²) in [4.78, 5) is 86.2. The van der Waals surface area contributed by atoms with Crippen molar-refractivity contribution in [3.63, 3.8) is 0 Å². The third-order valence-electron chi connectivity index (χ3n) is 0. The van der Waals surface area contributed by atoms with Gasteiger partial charge in [0.25, 0.3) is 0 Å². The molecule has 0 rings (SSSR count). The van der Waals surface area contributed by atoms with Crippen LogP contribution in [0, 0.1) is 0 Å². The fraction of sp³-hybridized carbons (Fsp3) is 0. The monoisotopic (exact) mass is 608 g/mol. The fourth-order valence-electron chi connectivity index (χ4n) is 0. The molecule has 28 heavy (non-hydrogen) atoms. The molecular formula is H32Al4CaO19P4. The molecule has 0 saturated carbocycles. The Morgan fingerprint density at radius 2 is 0.321 bits per heavy atom. The molecule has 180 valence electrons. The van der Waals surface area contributed by atoms with Gasteiger partial charge >= 0.3 is 69.0 Å². The molecule has 0 atom stereocenters. The molecule has 0 aromatic heterocycles. The first-order chi connectivity index (χ1) is 8.00. The van der Waals surface area contributed by atoms with Gasteiger partial charge < -0.3 is 75.1 Å². The summed E-state index contributed by atoms with van der Waals surface area (Å²) in [5.41, 5.74) is 0. The van der Waals surface area contributed by atoms with E-state index in [0.717, 1.165) is 0 Å². The van der Waals surface area contributed by atoms with Crippen LogP contribution >= 0.6 is 31.3 Å². The number of rotatable bonds is 0. The Morgan fingerprint density at radius 1 is 0.321 bits per heavy atom. The standard InChI is InChI=1S/4Al.Ca.4H3O4P.3H2O.14H/c;;;;;4*1-5(2,3)4;;;;;;;;;;;;;;;;;/h;;;;;4*(H3,1,2,3,4);3*1H2;;;;;;;;;;;;;;. The van der Waals surface area contributed by atoms with Crippen LogP contribution in [0.3, 0.4) is 0 Å². The SMILES string of the molecule is O.O.O.O=P(O)(O)O.O=P(O)(O)O.O=P(O)(O)O.O=P(O)(O)O.[AlH3].[AlH3].[AlH3].[AlH3].[CaH2]. The van der Waals surface area contributed by atoms with Gasteiger partial charge in [-0.05, 0) is 0 Å². The van der Waals surface area contributed by atoms with Gasteiger partial charge in [0.05, 0.1) is 0 Å². The van der Waals surface area contributed by atoms with E-state index < -0.39 is 31.3 Å². The molecule has 0 aliphatic carbocycles. The number of phosphoric acid groups is 4. The van der Waals surface area contributed by atoms with Gasteiger partial charge in [-0.15, -0.1) is 0 Å². The van der Waals surface area contributed by atoms with Crippen molar-refractivity contribution < 1.29 is 93.4 Å². The Labute approximate surface area is 229 Å². The topological polar surface area (TPSA) is 406 Å². The second-order valence-electron chi connectivity index (χ2n) is 2.05. The summed E-state index contributed by atoms with van der Waals surface area (Å²) in [5.74, 6) is 0. The minimum absolute atomic E-state index is 0. The molecule has 0 amide bonds. The molecule has 0 heterocycles. The zero-order valence-corrected chi connectivity index (χ0v) is 13.9. The molecule has 0 aromatic carbocycles. The van der Waals surface area contributed by atoms with E-state index in [1.807, 2.05) is 0 Å². The van der Waals surface area contributed by atoms with Crippen molar-refractivity contribution in [2.24, 2.45) is 0 Å². The van der Waals surface area contributed by atoms with E-state index in [1.165, 1.54) is 0 Å². The van der Waals surface area contributed by atoms with Crippen molar-refractivity contribution in [2.75, 3.05) is 0 Å². The summed E-state index contributed by atoms with van der Waals surface area (Å²) in [6.45, 7) is 0. The molecule has 0 aliphatic rings. The molecule has 0 aliphatic heterocycles. The maximum absolute atomic E-state index is 8.88. The summed E-state index contributed by atoms with van der Waals surface area (Å²) in [6, 6.07) is 0. The van der Waals surface area contributed by atoms with Crippen molar-refractivity contribution in [2.45, 2.75) is 0 Å². The Balaban J connectivity index is -0.0000000111. The van der Waals surface area contributed by atoms with Crippen molar-refractivity contribution in [3.8, 4) is 0 Å². The van der Waals surface area contributed by atoms with Crippen LogP contribution in [0.4, 0.5) is 0 Å². The predicted molar refractivity (Wildman–Crippen MR) is 116 cm³/mol. The summed E-state index contributed by atoms with van der Waals surface area (Å²) in [6.07, 6.45) is 0. The van der Waals surface area contributed by atoms with Crippen molar-refractivity contribution in [1.29, 1.82) is 0 Å². The van der Waals surface area contributed by atoms with Gasteiger partial charge in [0.1, 0.15) is 0 Å². The van der Waals surface area contributed by atoms with Crippen LogP contribution in [0.5, 0.6) is 0 Å². The molecule has 28 heteroatoms. The molecule has 0 bridgehead atoms. The Bertz CT molecular complexity index is 303. The van der Waals surface area contributed by atoms with Crippen molar-refractivity contribution in [1.82, 2.24) is 0 Å². The second kappa shape index (κ2) is 35.3. The average Bonchev–Trinajstić information content (AvgIpc) is 1.62. The van der Waals surface area contributed by atoms with E-state index in [2.05, 4.69) is 0 Å². The first-order valence-electron chi connectivity index (χ1n) is 3.13. The molecule has 0 fully saturated rings. The summed E-state index contributed by atoms with van der Waals surface area (Å²) >= 11 is 0. The van der Waals surface area contributed by atoms with Crippen LogP contribution < -0.4 is 0 Å². The number of hydrogen-bond donors (Lipinski definition) is 12. The van der Waals surface area contributed by atoms with E-state index in [9.17, 15) is 0 Å². The minimum atomic E-state index is -4.64. The Hall–Kier alpha value is 3.71. The predicted octanol–water partition coefficient (Wildman–Crippen LogP) is -11.8. The summed E-state index contributed by atoms with van der Waals surface area (Å²) in [5, 5.41) is 0. The van der Waals surface area contributed by atoms with Gasteiger partial charge in [-0.3, -0.25) is 0 Å². The van der Waals surface area contributed by atoms with Gasteiger partial charge in [-0.1, -0.05) is 0 Å². The quantitative estimate of drug-likeness (QED) is 0.0897. The fourth-order valence-corrected chi connectivity index (χ4v) is 0. The van der Waals surface area contributed by atoms with Crippen LogP contribution in [0.15, 0.2) is 0 Å². The second-order valence-corrected chi connectivity index (χ2v) is 6.16. The van der Waals surface area contributed by atoms with Gasteiger partial charge in [-0.25, -0.2) is 18.3 Å². The van der Waals surface area contributed by atoms with Gasteiger partial charge in [0.2, 0.25) is 0 Å². The molecule has 0 unspecified atom stereocenters. The summed E-state index contributed by atoms with van der Waals surface area (Å²) < 4.78 is 35.5. The molecule has 18 N–H and O–H groups in total. The van der Waals surface area contributed by atoms with Crippen LogP contribution in [0.1, 0.15) is 0 Å². The van der Waals surface area contributed by atoms with Crippen LogP contribution in [-0.4, -0.2) is 182 Å². The molecule has 0 aromatic rings. The Kier molecular flexibility index (Phi) is 97.1. The van der Waals surface area contributed by atoms with Gasteiger partial charge in [0.15, 0.2) is 69.4 Å². The zero-order chi connectivity index (χ0) is 18.0. The average molecular weight is 608 g/mol. The third-order valence-corrected chi connectivity index (χ3v) is 0. The molecular weight excluding hydrogens is 576 g/mol. The zero-order valence-electron chi connectivity index (χ0n) is 10.3. The van der Waals surface area contributed by atoms with E-state index in [0.29, 0.717) is 0 Å². The van der Waals surface area contributed by atoms with Crippen LogP contribution in [0.25, 0.3) is 0 Å². The van der Waals surface area contributed by atoms with Gasteiger partial charge in [0, 0.05) is 0 Å². The molecule has 0 radical (unpaired) electrons. The van der Waals surface area contributed by atoms with E-state index >= 15 is 0 Å². The van der Waals surface area contributed by atoms with E-state index in [-0.39, 0.29) is 124 Å². The molecule has 0 spiro atoms. The first-order valence-corrected chi connectivity index (χ1v) is 9.39. The first kappa shape index (κ1) is 77.0. The molecule has 0 saturated heterocycles. The van der Waals surface area contributed by atoms with Crippen molar-refractivity contribution >= 4 is 138 Å². The third kappa shape index (κ3) is 1780. The van der Waals surface area contributed by atoms with E-state index in [4.69, 9.17) is 77.0 Å². The number of hydrogen-bond acceptors (Lipinski definition) is 4. The van der Waals surface area contributed by atoms with E-state index in [1.54, 1.807) is 0 Å². The molecule has 19 nitrogen and oxygen atoms in total. The van der Waals surface area contributed by atoms with Crippen LogP contribution in [-0.2, 0) is 18.3 Å². The van der Waals surface area contributed by atoms with Gasteiger partial charge in [-0.2, -0.15) is 0 Å².